The smallest absolute Gasteiger partial charge is 0.123 e. The van der Waals surface area contributed by atoms with Crippen molar-refractivity contribution in [2.75, 3.05) is 13.1 Å². The normalized spacial score (nSPS) is 20.1. The Hall–Kier alpha value is -0.730. The minimum absolute atomic E-state index is 0.193. The van der Waals surface area contributed by atoms with Gasteiger partial charge in [0.05, 0.1) is 0 Å². The Labute approximate surface area is 108 Å². The number of alkyl halides is 1. The summed E-state index contributed by atoms with van der Waals surface area (Å²) in [6.07, 6.45) is 1.25. The van der Waals surface area contributed by atoms with Crippen LogP contribution in [0.25, 0.3) is 0 Å². The summed E-state index contributed by atoms with van der Waals surface area (Å²) >= 11 is 6.19. The van der Waals surface area contributed by atoms with Gasteiger partial charge in [-0.2, -0.15) is 0 Å². The van der Waals surface area contributed by atoms with E-state index in [2.05, 4.69) is 31.3 Å². The first-order chi connectivity index (χ1) is 8.16. The van der Waals surface area contributed by atoms with Gasteiger partial charge in [-0.25, -0.2) is 0 Å². The van der Waals surface area contributed by atoms with Crippen molar-refractivity contribution in [1.82, 2.24) is 5.32 Å². The average Bonchev–Trinajstić information content (AvgIpc) is 2.71. The Morgan fingerprint density at radius 3 is 2.88 bits per heavy atom. The maximum Gasteiger partial charge on any atom is 0.123 e. The van der Waals surface area contributed by atoms with Gasteiger partial charge in [-0.15, -0.1) is 11.6 Å². The van der Waals surface area contributed by atoms with Gasteiger partial charge >= 0.3 is 0 Å². The SMILES string of the molecule is CC(C)C(Cl)CNCC1Cc2ccccc2O1. The quantitative estimate of drug-likeness (QED) is 0.815. The van der Waals surface area contributed by atoms with Crippen LogP contribution in [0.2, 0.25) is 0 Å². The Morgan fingerprint density at radius 2 is 2.18 bits per heavy atom. The van der Waals surface area contributed by atoms with Crippen molar-refractivity contribution >= 4 is 11.6 Å². The van der Waals surface area contributed by atoms with Gasteiger partial charge in [-0.3, -0.25) is 0 Å². The molecule has 0 fully saturated rings. The van der Waals surface area contributed by atoms with Crippen LogP contribution in [-0.2, 0) is 6.42 Å². The van der Waals surface area contributed by atoms with Crippen molar-refractivity contribution in [3.05, 3.63) is 29.8 Å². The van der Waals surface area contributed by atoms with Crippen molar-refractivity contribution in [2.24, 2.45) is 5.92 Å². The molecule has 2 rings (SSSR count). The molecule has 0 saturated heterocycles. The Morgan fingerprint density at radius 1 is 1.41 bits per heavy atom. The number of hydrogen-bond acceptors (Lipinski definition) is 2. The molecule has 1 aliphatic rings. The molecular formula is C14H20ClNO. The van der Waals surface area contributed by atoms with E-state index in [0.717, 1.165) is 25.3 Å². The van der Waals surface area contributed by atoms with Crippen molar-refractivity contribution < 1.29 is 4.74 Å². The lowest BCUT2D eigenvalue weighted by Crippen LogP contribution is -2.35. The molecule has 1 heterocycles. The fraction of sp³-hybridized carbons (Fsp3) is 0.571. The highest BCUT2D eigenvalue weighted by Gasteiger charge is 2.22. The largest absolute Gasteiger partial charge is 0.488 e. The summed E-state index contributed by atoms with van der Waals surface area (Å²) in [5.74, 6) is 1.54. The summed E-state index contributed by atoms with van der Waals surface area (Å²) in [6, 6.07) is 8.25. The minimum Gasteiger partial charge on any atom is -0.488 e. The highest BCUT2D eigenvalue weighted by Crippen LogP contribution is 2.27. The zero-order valence-electron chi connectivity index (χ0n) is 10.4. The molecule has 17 heavy (non-hydrogen) atoms. The third-order valence-electron chi connectivity index (χ3n) is 3.15. The fourth-order valence-electron chi connectivity index (χ4n) is 1.99. The highest BCUT2D eigenvalue weighted by molar-refractivity contribution is 6.20. The Kier molecular flexibility index (Phi) is 4.30. The molecule has 2 atom stereocenters. The minimum atomic E-state index is 0.193. The van der Waals surface area contributed by atoms with Crippen LogP contribution in [0.15, 0.2) is 24.3 Å². The van der Waals surface area contributed by atoms with Crippen molar-refractivity contribution in [3.8, 4) is 5.75 Å². The van der Waals surface area contributed by atoms with E-state index in [0.29, 0.717) is 5.92 Å². The summed E-state index contributed by atoms with van der Waals surface area (Å²) in [5, 5.41) is 3.58. The Balaban J connectivity index is 1.73. The lowest BCUT2D eigenvalue weighted by atomic mass is 10.1. The van der Waals surface area contributed by atoms with Crippen LogP contribution in [0.5, 0.6) is 5.75 Å². The molecule has 1 aromatic carbocycles. The van der Waals surface area contributed by atoms with Crippen LogP contribution < -0.4 is 10.1 Å². The molecule has 2 unspecified atom stereocenters. The maximum absolute atomic E-state index is 6.19. The predicted molar refractivity (Wildman–Crippen MR) is 71.9 cm³/mol. The van der Waals surface area contributed by atoms with Crippen LogP contribution in [0, 0.1) is 5.92 Å². The van der Waals surface area contributed by atoms with Gasteiger partial charge in [0.25, 0.3) is 0 Å². The number of hydrogen-bond donors (Lipinski definition) is 1. The molecule has 1 aromatic rings. The number of benzene rings is 1. The summed E-state index contributed by atoms with van der Waals surface area (Å²) < 4.78 is 5.84. The third-order valence-corrected chi connectivity index (χ3v) is 3.81. The van der Waals surface area contributed by atoms with Gasteiger partial charge in [-0.1, -0.05) is 32.0 Å². The number of fused-ring (bicyclic) bond motifs is 1. The number of halogens is 1. The molecule has 1 aliphatic heterocycles. The van der Waals surface area contributed by atoms with Crippen LogP contribution in [0.4, 0.5) is 0 Å². The second kappa shape index (κ2) is 5.74. The van der Waals surface area contributed by atoms with E-state index in [1.807, 2.05) is 12.1 Å². The molecule has 0 spiro atoms. The van der Waals surface area contributed by atoms with E-state index in [4.69, 9.17) is 16.3 Å². The van der Waals surface area contributed by atoms with Gasteiger partial charge in [-0.05, 0) is 17.5 Å². The number of para-hydroxylation sites is 1. The molecule has 0 saturated carbocycles. The fourth-order valence-corrected chi connectivity index (χ4v) is 2.09. The molecule has 0 amide bonds. The van der Waals surface area contributed by atoms with Crippen molar-refractivity contribution in [3.63, 3.8) is 0 Å². The third kappa shape index (κ3) is 3.36. The van der Waals surface area contributed by atoms with Crippen molar-refractivity contribution in [2.45, 2.75) is 31.7 Å². The van der Waals surface area contributed by atoms with E-state index in [1.165, 1.54) is 5.56 Å². The standard InChI is InChI=1S/C14H20ClNO/c1-10(2)13(15)9-16-8-12-7-11-5-3-4-6-14(11)17-12/h3-6,10,12-13,16H,7-9H2,1-2H3. The second-order valence-corrected chi connectivity index (χ2v) is 5.53. The summed E-state index contributed by atoms with van der Waals surface area (Å²) in [6.45, 7) is 5.99. The highest BCUT2D eigenvalue weighted by atomic mass is 35.5. The van der Waals surface area contributed by atoms with E-state index in [9.17, 15) is 0 Å². The van der Waals surface area contributed by atoms with E-state index < -0.39 is 0 Å². The molecule has 3 heteroatoms. The molecule has 0 aliphatic carbocycles. The first-order valence-corrected chi connectivity index (χ1v) is 6.70. The number of ether oxygens (including phenoxy) is 1. The summed E-state index contributed by atoms with van der Waals surface area (Å²) in [4.78, 5) is 0. The predicted octanol–water partition coefficient (Wildman–Crippen LogP) is 2.84. The van der Waals surface area contributed by atoms with Crippen LogP contribution >= 0.6 is 11.6 Å². The van der Waals surface area contributed by atoms with E-state index in [1.54, 1.807) is 0 Å². The molecule has 2 nitrogen and oxygen atoms in total. The van der Waals surface area contributed by atoms with E-state index in [-0.39, 0.29) is 11.5 Å². The lowest BCUT2D eigenvalue weighted by Gasteiger charge is -2.16. The summed E-state index contributed by atoms with van der Waals surface area (Å²) in [7, 11) is 0. The van der Waals surface area contributed by atoms with Crippen LogP contribution in [-0.4, -0.2) is 24.6 Å². The van der Waals surface area contributed by atoms with Gasteiger partial charge < -0.3 is 10.1 Å². The first-order valence-electron chi connectivity index (χ1n) is 6.26. The lowest BCUT2D eigenvalue weighted by molar-refractivity contribution is 0.227. The molecular weight excluding hydrogens is 234 g/mol. The van der Waals surface area contributed by atoms with Crippen LogP contribution in [0.3, 0.4) is 0 Å². The number of rotatable bonds is 5. The van der Waals surface area contributed by atoms with Gasteiger partial charge in [0, 0.05) is 24.9 Å². The maximum atomic E-state index is 6.19. The zero-order chi connectivity index (χ0) is 12.3. The topological polar surface area (TPSA) is 21.3 Å². The van der Waals surface area contributed by atoms with Gasteiger partial charge in [0.2, 0.25) is 0 Å². The average molecular weight is 254 g/mol. The van der Waals surface area contributed by atoms with Gasteiger partial charge in [0.1, 0.15) is 11.9 Å². The first kappa shape index (κ1) is 12.7. The zero-order valence-corrected chi connectivity index (χ0v) is 11.2. The Bertz CT molecular complexity index is 342. The molecule has 1 N–H and O–H groups in total. The summed E-state index contributed by atoms with van der Waals surface area (Å²) in [5.41, 5.74) is 1.31. The molecule has 0 bridgehead atoms. The van der Waals surface area contributed by atoms with Crippen molar-refractivity contribution in [1.29, 1.82) is 0 Å². The molecule has 0 aromatic heterocycles. The molecule has 0 radical (unpaired) electrons. The van der Waals surface area contributed by atoms with Crippen LogP contribution in [0.1, 0.15) is 19.4 Å². The van der Waals surface area contributed by atoms with Gasteiger partial charge in [0.15, 0.2) is 0 Å². The van der Waals surface area contributed by atoms with E-state index >= 15 is 0 Å². The monoisotopic (exact) mass is 253 g/mol. The number of nitrogens with one attached hydrogen (secondary N) is 1. The molecule has 94 valence electrons. The second-order valence-electron chi connectivity index (χ2n) is 4.97.